The summed E-state index contributed by atoms with van der Waals surface area (Å²) in [6.07, 6.45) is 1.15. The molecule has 0 radical (unpaired) electrons. The molecule has 3 rings (SSSR count). The van der Waals surface area contributed by atoms with E-state index in [1.165, 1.54) is 0 Å². The highest BCUT2D eigenvalue weighted by Gasteiger charge is 2.28. The Morgan fingerprint density at radius 2 is 1.88 bits per heavy atom. The van der Waals surface area contributed by atoms with Crippen molar-refractivity contribution in [1.82, 2.24) is 10.1 Å². The largest absolute Gasteiger partial charge is 0.497 e. The highest BCUT2D eigenvalue weighted by molar-refractivity contribution is 5.93. The van der Waals surface area contributed by atoms with Gasteiger partial charge in [0.25, 0.3) is 5.91 Å². The molecule has 2 heterocycles. The highest BCUT2D eigenvalue weighted by atomic mass is 16.5. The number of nitrogens with zero attached hydrogens (tertiary/aromatic N) is 2. The van der Waals surface area contributed by atoms with Crippen LogP contribution in [-0.4, -0.2) is 43.3 Å². The lowest BCUT2D eigenvalue weighted by Gasteiger charge is -2.34. The van der Waals surface area contributed by atoms with Crippen LogP contribution in [0.15, 0.2) is 28.8 Å². The van der Waals surface area contributed by atoms with Crippen molar-refractivity contribution in [2.24, 2.45) is 11.8 Å². The van der Waals surface area contributed by atoms with Crippen molar-refractivity contribution in [3.05, 3.63) is 30.0 Å². The molecule has 1 aliphatic heterocycles. The van der Waals surface area contributed by atoms with Gasteiger partial charge < -0.3 is 18.9 Å². The van der Waals surface area contributed by atoms with Crippen LogP contribution in [0.25, 0.3) is 11.3 Å². The number of likely N-dealkylation sites (tertiary alicyclic amines) is 1. The van der Waals surface area contributed by atoms with Gasteiger partial charge in [-0.05, 0) is 36.5 Å². The molecule has 25 heavy (non-hydrogen) atoms. The van der Waals surface area contributed by atoms with Gasteiger partial charge >= 0.3 is 0 Å². The van der Waals surface area contributed by atoms with Gasteiger partial charge in [0.15, 0.2) is 11.5 Å². The van der Waals surface area contributed by atoms with Gasteiger partial charge in [0.1, 0.15) is 11.5 Å². The summed E-state index contributed by atoms with van der Waals surface area (Å²) in [6.45, 7) is 5.86. The Morgan fingerprint density at radius 3 is 2.52 bits per heavy atom. The minimum Gasteiger partial charge on any atom is -0.497 e. The zero-order valence-corrected chi connectivity index (χ0v) is 15.1. The minimum atomic E-state index is -0.0877. The number of carbonyl (C=O) groups excluding carboxylic acids is 1. The molecule has 1 aromatic carbocycles. The van der Waals surface area contributed by atoms with Crippen molar-refractivity contribution in [2.45, 2.75) is 20.3 Å². The van der Waals surface area contributed by atoms with Gasteiger partial charge in [-0.3, -0.25) is 4.79 Å². The van der Waals surface area contributed by atoms with E-state index in [1.807, 2.05) is 4.90 Å². The molecule has 1 saturated heterocycles. The number of benzene rings is 1. The van der Waals surface area contributed by atoms with E-state index < -0.39 is 0 Å². The van der Waals surface area contributed by atoms with Crippen molar-refractivity contribution >= 4 is 5.91 Å². The summed E-state index contributed by atoms with van der Waals surface area (Å²) < 4.78 is 16.1. The van der Waals surface area contributed by atoms with E-state index in [9.17, 15) is 4.79 Å². The first-order valence-corrected chi connectivity index (χ1v) is 8.50. The molecule has 0 saturated carbocycles. The summed E-state index contributed by atoms with van der Waals surface area (Å²) in [6, 6.07) is 7.08. The normalized spacial score (nSPS) is 20.4. The summed E-state index contributed by atoms with van der Waals surface area (Å²) >= 11 is 0. The number of rotatable bonds is 4. The molecule has 0 bridgehead atoms. The van der Waals surface area contributed by atoms with E-state index in [0.29, 0.717) is 40.4 Å². The lowest BCUT2D eigenvalue weighted by atomic mass is 9.92. The van der Waals surface area contributed by atoms with E-state index >= 15 is 0 Å². The van der Waals surface area contributed by atoms with Crippen LogP contribution in [0.4, 0.5) is 0 Å². The maximum atomic E-state index is 12.8. The maximum absolute atomic E-state index is 12.8. The summed E-state index contributed by atoms with van der Waals surface area (Å²) in [7, 11) is 3.18. The van der Waals surface area contributed by atoms with Crippen molar-refractivity contribution in [3.8, 4) is 22.8 Å². The van der Waals surface area contributed by atoms with Crippen LogP contribution in [0.3, 0.4) is 0 Å². The van der Waals surface area contributed by atoms with Crippen molar-refractivity contribution in [3.63, 3.8) is 0 Å². The first-order valence-electron chi connectivity index (χ1n) is 8.50. The maximum Gasteiger partial charge on any atom is 0.276 e. The van der Waals surface area contributed by atoms with Crippen LogP contribution >= 0.6 is 0 Å². The molecule has 0 spiro atoms. The molecule has 6 heteroatoms. The fraction of sp³-hybridized carbons (Fsp3) is 0.474. The van der Waals surface area contributed by atoms with Crippen LogP contribution in [0.2, 0.25) is 0 Å². The van der Waals surface area contributed by atoms with Crippen molar-refractivity contribution in [1.29, 1.82) is 0 Å². The van der Waals surface area contributed by atoms with Crippen LogP contribution in [0.5, 0.6) is 11.5 Å². The number of carbonyl (C=O) groups is 1. The first kappa shape index (κ1) is 17.3. The smallest absolute Gasteiger partial charge is 0.276 e. The predicted octanol–water partition coefficient (Wildman–Crippen LogP) is 3.48. The summed E-state index contributed by atoms with van der Waals surface area (Å²) in [5.41, 5.74) is 1.02. The molecule has 1 fully saturated rings. The second-order valence-electron chi connectivity index (χ2n) is 6.80. The topological polar surface area (TPSA) is 64.8 Å². The van der Waals surface area contributed by atoms with Crippen LogP contribution < -0.4 is 9.47 Å². The fourth-order valence-electron chi connectivity index (χ4n) is 3.50. The van der Waals surface area contributed by atoms with Gasteiger partial charge in [0.05, 0.1) is 19.8 Å². The van der Waals surface area contributed by atoms with Gasteiger partial charge in [0, 0.05) is 19.2 Å². The Labute approximate surface area is 147 Å². The summed E-state index contributed by atoms with van der Waals surface area (Å²) in [4.78, 5) is 14.6. The zero-order valence-electron chi connectivity index (χ0n) is 15.1. The lowest BCUT2D eigenvalue weighted by molar-refractivity contribution is 0.0613. The molecular formula is C19H24N2O4. The first-order chi connectivity index (χ1) is 12.0. The Morgan fingerprint density at radius 1 is 1.16 bits per heavy atom. The molecule has 1 amide bonds. The van der Waals surface area contributed by atoms with E-state index in [4.69, 9.17) is 14.0 Å². The monoisotopic (exact) mass is 344 g/mol. The highest BCUT2D eigenvalue weighted by Crippen LogP contribution is 2.34. The molecule has 0 aliphatic carbocycles. The van der Waals surface area contributed by atoms with E-state index in [1.54, 1.807) is 38.5 Å². The third-order valence-electron chi connectivity index (χ3n) is 4.56. The van der Waals surface area contributed by atoms with Gasteiger partial charge in [-0.1, -0.05) is 19.0 Å². The number of ether oxygens (including phenoxy) is 2. The molecule has 0 unspecified atom stereocenters. The second kappa shape index (κ2) is 7.17. The average molecular weight is 344 g/mol. The predicted molar refractivity (Wildman–Crippen MR) is 93.9 cm³/mol. The Hall–Kier alpha value is -2.50. The van der Waals surface area contributed by atoms with Gasteiger partial charge in [-0.2, -0.15) is 0 Å². The van der Waals surface area contributed by atoms with E-state index in [-0.39, 0.29) is 5.91 Å². The number of amides is 1. The van der Waals surface area contributed by atoms with Crippen LogP contribution in [0, 0.1) is 11.8 Å². The summed E-state index contributed by atoms with van der Waals surface area (Å²) in [5.74, 6) is 2.71. The molecule has 1 aliphatic rings. The quantitative estimate of drug-likeness (QED) is 0.850. The molecule has 1 aromatic heterocycles. The number of methoxy groups -OCH3 is 2. The van der Waals surface area contributed by atoms with Crippen LogP contribution in [-0.2, 0) is 0 Å². The molecule has 2 atom stereocenters. The Bertz CT molecular complexity index is 746. The zero-order chi connectivity index (χ0) is 18.0. The van der Waals surface area contributed by atoms with Crippen LogP contribution in [0.1, 0.15) is 30.8 Å². The Kier molecular flexibility index (Phi) is 4.97. The van der Waals surface area contributed by atoms with E-state index in [2.05, 4.69) is 19.0 Å². The number of hydrogen-bond donors (Lipinski definition) is 0. The van der Waals surface area contributed by atoms with Crippen molar-refractivity contribution in [2.75, 3.05) is 27.3 Å². The number of piperidine rings is 1. The Balaban J connectivity index is 1.86. The third kappa shape index (κ3) is 3.62. The molecule has 134 valence electrons. The fourth-order valence-corrected chi connectivity index (χ4v) is 3.50. The SMILES string of the molecule is COc1ccc(OC)c(-c2cc(C(=O)N3C[C@@H](C)C[C@H](C)C3)no2)c1. The molecule has 2 aromatic rings. The molecule has 0 N–H and O–H groups in total. The molecule has 6 nitrogen and oxygen atoms in total. The van der Waals surface area contributed by atoms with Gasteiger partial charge in [-0.25, -0.2) is 0 Å². The standard InChI is InChI=1S/C19H24N2O4/c1-12-7-13(2)11-21(10-12)19(22)16-9-18(25-20-16)15-8-14(23-3)5-6-17(15)24-4/h5-6,8-9,12-13H,7,10-11H2,1-4H3/t12-,13-/m0/s1. The second-order valence-corrected chi connectivity index (χ2v) is 6.80. The number of hydrogen-bond acceptors (Lipinski definition) is 5. The molecular weight excluding hydrogens is 320 g/mol. The van der Waals surface area contributed by atoms with Crippen molar-refractivity contribution < 1.29 is 18.8 Å². The van der Waals surface area contributed by atoms with Gasteiger partial charge in [-0.15, -0.1) is 0 Å². The van der Waals surface area contributed by atoms with Gasteiger partial charge in [0.2, 0.25) is 0 Å². The average Bonchev–Trinajstić information content (AvgIpc) is 3.09. The number of aromatic nitrogens is 1. The third-order valence-corrected chi connectivity index (χ3v) is 4.56. The lowest BCUT2D eigenvalue weighted by Crippen LogP contribution is -2.42. The minimum absolute atomic E-state index is 0.0877. The van der Waals surface area contributed by atoms with E-state index in [0.717, 1.165) is 19.5 Å². The summed E-state index contributed by atoms with van der Waals surface area (Å²) in [5, 5.41) is 3.99.